The van der Waals surface area contributed by atoms with Crippen LogP contribution in [0.5, 0.6) is 0 Å². The molecule has 2 N–H and O–H groups in total. The highest BCUT2D eigenvalue weighted by Gasteiger charge is 2.23. The quantitative estimate of drug-likeness (QED) is 0.725. The topological polar surface area (TPSA) is 50.4 Å². The van der Waals surface area contributed by atoms with E-state index in [2.05, 4.69) is 10.6 Å². The summed E-state index contributed by atoms with van der Waals surface area (Å²) in [4.78, 5) is 12.4. The van der Waals surface area contributed by atoms with Crippen LogP contribution < -0.4 is 10.6 Å². The van der Waals surface area contributed by atoms with Crippen molar-refractivity contribution in [2.75, 3.05) is 5.32 Å². The van der Waals surface area contributed by atoms with Crippen molar-refractivity contribution in [3.8, 4) is 0 Å². The van der Waals surface area contributed by atoms with E-state index in [0.717, 1.165) is 48.1 Å². The lowest BCUT2D eigenvalue weighted by atomic mass is 9.93. The fourth-order valence-electron chi connectivity index (χ4n) is 3.77. The first-order valence-corrected chi connectivity index (χ1v) is 9.93. The highest BCUT2D eigenvalue weighted by Crippen LogP contribution is 2.24. The summed E-state index contributed by atoms with van der Waals surface area (Å²) in [6.07, 6.45) is 3.56. The molecule has 4 nitrogen and oxygen atoms in total. The van der Waals surface area contributed by atoms with Crippen LogP contribution in [-0.2, 0) is 11.3 Å². The van der Waals surface area contributed by atoms with E-state index in [1.807, 2.05) is 45.0 Å². The second kappa shape index (κ2) is 9.20. The zero-order valence-electron chi connectivity index (χ0n) is 16.8. The van der Waals surface area contributed by atoms with Crippen molar-refractivity contribution < 1.29 is 13.9 Å². The summed E-state index contributed by atoms with van der Waals surface area (Å²) in [7, 11) is 0. The maximum absolute atomic E-state index is 13.9. The number of amides is 2. The van der Waals surface area contributed by atoms with Gasteiger partial charge in [0.25, 0.3) is 0 Å². The number of halogens is 1. The van der Waals surface area contributed by atoms with Crippen LogP contribution in [0.2, 0.25) is 0 Å². The molecule has 2 amide bonds. The second-order valence-corrected chi connectivity index (χ2v) is 7.69. The predicted molar refractivity (Wildman–Crippen MR) is 110 cm³/mol. The van der Waals surface area contributed by atoms with E-state index < -0.39 is 0 Å². The van der Waals surface area contributed by atoms with E-state index in [4.69, 9.17) is 4.74 Å². The van der Waals surface area contributed by atoms with Crippen LogP contribution in [0.4, 0.5) is 14.9 Å². The van der Waals surface area contributed by atoms with Crippen molar-refractivity contribution in [1.82, 2.24) is 5.32 Å². The van der Waals surface area contributed by atoms with E-state index in [-0.39, 0.29) is 24.0 Å². The minimum Gasteiger partial charge on any atom is -0.373 e. The molecule has 2 aromatic rings. The number of para-hydroxylation sites is 1. The molecule has 0 atom stereocenters. The Morgan fingerprint density at radius 2 is 1.61 bits per heavy atom. The van der Waals surface area contributed by atoms with Gasteiger partial charge in [-0.25, -0.2) is 9.18 Å². The highest BCUT2D eigenvalue weighted by atomic mass is 19.1. The zero-order chi connectivity index (χ0) is 20.1. The lowest BCUT2D eigenvalue weighted by Crippen LogP contribution is -2.41. The third-order valence-electron chi connectivity index (χ3n) is 5.55. The summed E-state index contributed by atoms with van der Waals surface area (Å²) in [5, 5.41) is 6.04. The Labute approximate surface area is 166 Å². The van der Waals surface area contributed by atoms with Crippen molar-refractivity contribution in [2.24, 2.45) is 0 Å². The first kappa shape index (κ1) is 20.3. The molecule has 2 aromatic carbocycles. The smallest absolute Gasteiger partial charge is 0.319 e. The largest absolute Gasteiger partial charge is 0.373 e. The number of anilines is 1. The number of ether oxygens (including phenoxy) is 1. The molecule has 0 radical (unpaired) electrons. The van der Waals surface area contributed by atoms with Crippen molar-refractivity contribution >= 4 is 11.7 Å². The molecule has 1 fully saturated rings. The molecule has 0 aromatic heterocycles. The molecule has 150 valence electrons. The maximum atomic E-state index is 13.9. The molecule has 1 aliphatic rings. The van der Waals surface area contributed by atoms with Crippen LogP contribution in [0.3, 0.4) is 0 Å². The molecule has 0 bridgehead atoms. The van der Waals surface area contributed by atoms with Crippen LogP contribution in [0.25, 0.3) is 0 Å². The number of nitrogens with one attached hydrogen (secondary N) is 2. The molecular weight excluding hydrogens is 355 g/mol. The third kappa shape index (κ3) is 5.10. The molecule has 5 heteroatoms. The van der Waals surface area contributed by atoms with E-state index in [0.29, 0.717) is 12.2 Å². The Morgan fingerprint density at radius 1 is 1.00 bits per heavy atom. The Bertz CT molecular complexity index is 789. The summed E-state index contributed by atoms with van der Waals surface area (Å²) in [5.74, 6) is -0.210. The Balaban J connectivity index is 1.44. The molecule has 1 aliphatic carbocycles. The molecule has 0 spiro atoms. The first-order valence-electron chi connectivity index (χ1n) is 9.93. The molecule has 3 rings (SSSR count). The Kier molecular flexibility index (Phi) is 6.68. The Morgan fingerprint density at radius 3 is 2.25 bits per heavy atom. The first-order chi connectivity index (χ1) is 13.4. The SMILES string of the molecule is Cc1cccc(F)c1COC1CCC(NC(=O)Nc2c(C)cccc2C)CC1. The second-order valence-electron chi connectivity index (χ2n) is 7.69. The van der Waals surface area contributed by atoms with Gasteiger partial charge in [0.15, 0.2) is 0 Å². The number of benzene rings is 2. The van der Waals surface area contributed by atoms with Gasteiger partial charge in [-0.1, -0.05) is 30.3 Å². The highest BCUT2D eigenvalue weighted by molar-refractivity contribution is 5.91. The average molecular weight is 384 g/mol. The number of carbonyl (C=O) groups is 1. The van der Waals surface area contributed by atoms with Crippen LogP contribution in [0, 0.1) is 26.6 Å². The lowest BCUT2D eigenvalue weighted by Gasteiger charge is -2.29. The molecule has 0 unspecified atom stereocenters. The predicted octanol–water partition coefficient (Wildman–Crippen LogP) is 5.40. The van der Waals surface area contributed by atoms with Gasteiger partial charge in [-0.2, -0.15) is 0 Å². The van der Waals surface area contributed by atoms with Gasteiger partial charge in [-0.15, -0.1) is 0 Å². The van der Waals surface area contributed by atoms with Gasteiger partial charge in [0.2, 0.25) is 0 Å². The summed E-state index contributed by atoms with van der Waals surface area (Å²) < 4.78 is 19.9. The average Bonchev–Trinajstić information content (AvgIpc) is 2.66. The zero-order valence-corrected chi connectivity index (χ0v) is 16.8. The third-order valence-corrected chi connectivity index (χ3v) is 5.55. The molecular formula is C23H29FN2O2. The van der Waals surface area contributed by atoms with Gasteiger partial charge in [0.05, 0.1) is 12.7 Å². The number of hydrogen-bond donors (Lipinski definition) is 2. The molecule has 1 saturated carbocycles. The normalized spacial score (nSPS) is 19.3. The van der Waals surface area contributed by atoms with E-state index in [9.17, 15) is 9.18 Å². The monoisotopic (exact) mass is 384 g/mol. The van der Waals surface area contributed by atoms with Crippen LogP contribution >= 0.6 is 0 Å². The summed E-state index contributed by atoms with van der Waals surface area (Å²) in [6, 6.07) is 11.0. The standard InChI is InChI=1S/C23H29FN2O2/c1-15-6-5-9-21(24)20(15)14-28-19-12-10-18(11-13-19)25-23(27)26-22-16(2)7-4-8-17(22)3/h4-9,18-19H,10-14H2,1-3H3,(H2,25,26,27). The van der Waals surface area contributed by atoms with Gasteiger partial charge in [0, 0.05) is 17.3 Å². The minimum absolute atomic E-state index is 0.110. The summed E-state index contributed by atoms with van der Waals surface area (Å²) in [5.41, 5.74) is 4.53. The van der Waals surface area contributed by atoms with Gasteiger partial charge < -0.3 is 15.4 Å². The van der Waals surface area contributed by atoms with E-state index in [1.54, 1.807) is 6.07 Å². The van der Waals surface area contributed by atoms with E-state index in [1.165, 1.54) is 6.07 Å². The Hall–Kier alpha value is -2.40. The molecule has 28 heavy (non-hydrogen) atoms. The van der Waals surface area contributed by atoms with Gasteiger partial charge in [0.1, 0.15) is 5.82 Å². The van der Waals surface area contributed by atoms with Crippen molar-refractivity contribution in [2.45, 2.75) is 65.2 Å². The van der Waals surface area contributed by atoms with Crippen LogP contribution in [0.1, 0.15) is 47.9 Å². The fourth-order valence-corrected chi connectivity index (χ4v) is 3.77. The van der Waals surface area contributed by atoms with Crippen molar-refractivity contribution in [3.05, 3.63) is 64.5 Å². The van der Waals surface area contributed by atoms with Crippen molar-refractivity contribution in [3.63, 3.8) is 0 Å². The summed E-state index contributed by atoms with van der Waals surface area (Å²) in [6.45, 7) is 6.18. The fraction of sp³-hybridized carbons (Fsp3) is 0.435. The van der Waals surface area contributed by atoms with Crippen LogP contribution in [-0.4, -0.2) is 18.2 Å². The van der Waals surface area contributed by atoms with Crippen LogP contribution in [0.15, 0.2) is 36.4 Å². The minimum atomic E-state index is -0.210. The van der Waals surface area contributed by atoms with E-state index >= 15 is 0 Å². The van der Waals surface area contributed by atoms with Gasteiger partial charge >= 0.3 is 6.03 Å². The number of hydrogen-bond acceptors (Lipinski definition) is 2. The number of urea groups is 1. The number of carbonyl (C=O) groups excluding carboxylic acids is 1. The summed E-state index contributed by atoms with van der Waals surface area (Å²) >= 11 is 0. The lowest BCUT2D eigenvalue weighted by molar-refractivity contribution is 0.0107. The number of rotatable bonds is 5. The van der Waals surface area contributed by atoms with Crippen molar-refractivity contribution in [1.29, 1.82) is 0 Å². The number of aryl methyl sites for hydroxylation is 3. The molecule has 0 saturated heterocycles. The van der Waals surface area contributed by atoms with Gasteiger partial charge in [-0.3, -0.25) is 0 Å². The maximum Gasteiger partial charge on any atom is 0.319 e. The molecule has 0 aliphatic heterocycles. The van der Waals surface area contributed by atoms with Gasteiger partial charge in [-0.05, 0) is 69.2 Å². The molecule has 0 heterocycles.